The normalized spacial score (nSPS) is 12.0. The van der Waals surface area contributed by atoms with E-state index in [-0.39, 0.29) is 10.5 Å². The van der Waals surface area contributed by atoms with Crippen molar-refractivity contribution in [3.05, 3.63) is 83.9 Å². The number of aryl methyl sites for hydroxylation is 2. The molecule has 0 heterocycles. The molecule has 0 aliphatic carbocycles. The van der Waals surface area contributed by atoms with E-state index in [0.717, 1.165) is 10.4 Å². The van der Waals surface area contributed by atoms with Crippen molar-refractivity contribution in [3.63, 3.8) is 0 Å². The van der Waals surface area contributed by atoms with Crippen molar-refractivity contribution in [1.29, 1.82) is 0 Å². The number of rotatable bonds is 5. The maximum atomic E-state index is 13.6. The molecular formula is C20H19NO5S2. The van der Waals surface area contributed by atoms with Gasteiger partial charge in [0.15, 0.2) is 0 Å². The number of anilines is 2. The van der Waals surface area contributed by atoms with Gasteiger partial charge < -0.3 is 0 Å². The SMILES string of the molecule is Cc1cc(C)c(S(=O)(=O)N(c2ccccc2)c2ccccc2)cc1S(=O)(=O)O. The predicted octanol–water partition coefficient (Wildman–Crippen LogP) is 4.08. The lowest BCUT2D eigenvalue weighted by Crippen LogP contribution is -2.27. The molecule has 0 fully saturated rings. The molecule has 6 nitrogen and oxygen atoms in total. The molecule has 146 valence electrons. The Hall–Kier alpha value is -2.68. The fourth-order valence-electron chi connectivity index (χ4n) is 3.02. The standard InChI is InChI=1S/C20H19NO5S2/c1-15-13-16(2)20(28(24,25)26)14-19(15)27(22,23)21(17-9-5-3-6-10-17)18-11-7-4-8-12-18/h3-14H,1-2H3,(H,24,25,26). The minimum atomic E-state index is -4.57. The molecule has 1 N–H and O–H groups in total. The van der Waals surface area contributed by atoms with Crippen molar-refractivity contribution in [2.24, 2.45) is 0 Å². The van der Waals surface area contributed by atoms with E-state index in [1.165, 1.54) is 13.0 Å². The number of sulfonamides is 1. The summed E-state index contributed by atoms with van der Waals surface area (Å²) in [5, 5.41) is 0. The topological polar surface area (TPSA) is 91.8 Å². The number of hydrogen-bond donors (Lipinski definition) is 1. The highest BCUT2D eigenvalue weighted by Gasteiger charge is 2.30. The Balaban J connectivity index is 2.30. The van der Waals surface area contributed by atoms with Gasteiger partial charge >= 0.3 is 0 Å². The first-order valence-corrected chi connectivity index (χ1v) is 11.2. The van der Waals surface area contributed by atoms with E-state index in [9.17, 15) is 21.4 Å². The van der Waals surface area contributed by atoms with Crippen LogP contribution in [-0.2, 0) is 20.1 Å². The lowest BCUT2D eigenvalue weighted by atomic mass is 10.2. The van der Waals surface area contributed by atoms with E-state index in [4.69, 9.17) is 0 Å². The lowest BCUT2D eigenvalue weighted by molar-refractivity contribution is 0.482. The zero-order chi connectivity index (χ0) is 20.5. The van der Waals surface area contributed by atoms with Crippen LogP contribution in [0, 0.1) is 13.8 Å². The summed E-state index contributed by atoms with van der Waals surface area (Å²) in [7, 11) is -8.75. The van der Waals surface area contributed by atoms with Gasteiger partial charge in [0.1, 0.15) is 0 Å². The third-order valence-corrected chi connectivity index (χ3v) is 7.14. The Bertz CT molecular complexity index is 1170. The van der Waals surface area contributed by atoms with Gasteiger partial charge in [-0.3, -0.25) is 4.55 Å². The maximum Gasteiger partial charge on any atom is 0.294 e. The highest BCUT2D eigenvalue weighted by atomic mass is 32.2. The van der Waals surface area contributed by atoms with Crippen molar-refractivity contribution < 1.29 is 21.4 Å². The minimum Gasteiger partial charge on any atom is -0.282 e. The van der Waals surface area contributed by atoms with Crippen LogP contribution in [0.3, 0.4) is 0 Å². The van der Waals surface area contributed by atoms with Gasteiger partial charge in [-0.25, -0.2) is 12.7 Å². The molecule has 0 aliphatic rings. The molecule has 0 aliphatic heterocycles. The second-order valence-corrected chi connectivity index (χ2v) is 9.44. The molecule has 28 heavy (non-hydrogen) atoms. The molecule has 0 saturated carbocycles. The number of para-hydroxylation sites is 2. The quantitative estimate of drug-likeness (QED) is 0.632. The lowest BCUT2D eigenvalue weighted by Gasteiger charge is -2.26. The van der Waals surface area contributed by atoms with Crippen molar-refractivity contribution in [3.8, 4) is 0 Å². The van der Waals surface area contributed by atoms with Crippen LogP contribution < -0.4 is 4.31 Å². The Morgan fingerprint density at radius 3 is 1.54 bits per heavy atom. The molecule has 0 atom stereocenters. The van der Waals surface area contributed by atoms with Gasteiger partial charge in [-0.1, -0.05) is 42.5 Å². The average molecular weight is 418 g/mol. The summed E-state index contributed by atoms with van der Waals surface area (Å²) in [5.41, 5.74) is 1.45. The van der Waals surface area contributed by atoms with E-state index in [1.54, 1.807) is 67.6 Å². The first-order valence-electron chi connectivity index (χ1n) is 8.36. The van der Waals surface area contributed by atoms with Crippen molar-refractivity contribution in [2.75, 3.05) is 4.31 Å². The first-order chi connectivity index (χ1) is 13.1. The fourth-order valence-corrected chi connectivity index (χ4v) is 5.56. The predicted molar refractivity (Wildman–Crippen MR) is 108 cm³/mol. The van der Waals surface area contributed by atoms with Crippen LogP contribution in [0.5, 0.6) is 0 Å². The average Bonchev–Trinajstić information content (AvgIpc) is 2.62. The Kier molecular flexibility index (Phi) is 5.29. The van der Waals surface area contributed by atoms with Crippen molar-refractivity contribution >= 4 is 31.5 Å². The second-order valence-electron chi connectivity index (χ2n) is 6.30. The van der Waals surface area contributed by atoms with Crippen LogP contribution >= 0.6 is 0 Å². The molecule has 0 unspecified atom stereocenters. The number of hydrogen-bond acceptors (Lipinski definition) is 4. The summed E-state index contributed by atoms with van der Waals surface area (Å²) in [6.45, 7) is 3.08. The smallest absolute Gasteiger partial charge is 0.282 e. The second kappa shape index (κ2) is 7.38. The van der Waals surface area contributed by atoms with E-state index in [1.807, 2.05) is 0 Å². The fraction of sp³-hybridized carbons (Fsp3) is 0.100. The number of benzene rings is 3. The summed E-state index contributed by atoms with van der Waals surface area (Å²) < 4.78 is 61.2. The van der Waals surface area contributed by atoms with E-state index in [0.29, 0.717) is 16.9 Å². The summed E-state index contributed by atoms with van der Waals surface area (Å²) in [6, 6.07) is 19.4. The molecule has 0 radical (unpaired) electrons. The van der Waals surface area contributed by atoms with Crippen LogP contribution in [-0.4, -0.2) is 21.4 Å². The van der Waals surface area contributed by atoms with E-state index < -0.39 is 25.0 Å². The van der Waals surface area contributed by atoms with Crippen LogP contribution in [0.15, 0.2) is 82.6 Å². The van der Waals surface area contributed by atoms with Gasteiger partial charge in [-0.15, -0.1) is 0 Å². The molecule has 3 rings (SSSR count). The van der Waals surface area contributed by atoms with Gasteiger partial charge in [0.2, 0.25) is 0 Å². The Labute approximate surface area is 164 Å². The van der Waals surface area contributed by atoms with E-state index in [2.05, 4.69) is 0 Å². The summed E-state index contributed by atoms with van der Waals surface area (Å²) in [4.78, 5) is -0.629. The van der Waals surface area contributed by atoms with E-state index >= 15 is 0 Å². The molecule has 8 heteroatoms. The zero-order valence-electron chi connectivity index (χ0n) is 15.3. The molecule has 0 spiro atoms. The van der Waals surface area contributed by atoms with Crippen LogP contribution in [0.2, 0.25) is 0 Å². The zero-order valence-corrected chi connectivity index (χ0v) is 16.9. The van der Waals surface area contributed by atoms with Crippen LogP contribution in [0.1, 0.15) is 11.1 Å². The van der Waals surface area contributed by atoms with Crippen LogP contribution in [0.4, 0.5) is 11.4 Å². The van der Waals surface area contributed by atoms with Gasteiger partial charge in [-0.2, -0.15) is 8.42 Å². The molecule has 0 saturated heterocycles. The molecule has 3 aromatic carbocycles. The van der Waals surface area contributed by atoms with Gasteiger partial charge in [0, 0.05) is 0 Å². The van der Waals surface area contributed by atoms with Crippen LogP contribution in [0.25, 0.3) is 0 Å². The maximum absolute atomic E-state index is 13.6. The summed E-state index contributed by atoms with van der Waals surface area (Å²) in [5.74, 6) is 0. The Morgan fingerprint density at radius 1 is 0.679 bits per heavy atom. The molecule has 0 amide bonds. The molecule has 0 aromatic heterocycles. The summed E-state index contributed by atoms with van der Waals surface area (Å²) >= 11 is 0. The highest BCUT2D eigenvalue weighted by molar-refractivity contribution is 7.93. The van der Waals surface area contributed by atoms with Gasteiger partial charge in [0.05, 0.1) is 21.2 Å². The molecular weight excluding hydrogens is 398 g/mol. The minimum absolute atomic E-state index is 0.196. The largest absolute Gasteiger partial charge is 0.294 e. The molecule has 0 bridgehead atoms. The third kappa shape index (κ3) is 3.80. The first kappa shape index (κ1) is 20.1. The monoisotopic (exact) mass is 417 g/mol. The Morgan fingerprint density at radius 2 is 1.11 bits per heavy atom. The molecule has 3 aromatic rings. The van der Waals surface area contributed by atoms with Crippen molar-refractivity contribution in [2.45, 2.75) is 23.6 Å². The highest BCUT2D eigenvalue weighted by Crippen LogP contribution is 2.34. The van der Waals surface area contributed by atoms with Gasteiger partial charge in [0.25, 0.3) is 20.1 Å². The van der Waals surface area contributed by atoms with Gasteiger partial charge in [-0.05, 0) is 55.3 Å². The number of nitrogens with zero attached hydrogens (tertiary/aromatic N) is 1. The third-order valence-electron chi connectivity index (χ3n) is 4.25. The summed E-state index contributed by atoms with van der Waals surface area (Å²) in [6.07, 6.45) is 0. The van der Waals surface area contributed by atoms with Crippen molar-refractivity contribution in [1.82, 2.24) is 0 Å².